The molecule has 0 aliphatic heterocycles. The number of benzene rings is 2. The van der Waals surface area contributed by atoms with Crippen molar-refractivity contribution in [2.75, 3.05) is 12.5 Å². The number of rotatable bonds is 5. The van der Waals surface area contributed by atoms with Gasteiger partial charge in [0, 0.05) is 0 Å². The summed E-state index contributed by atoms with van der Waals surface area (Å²) in [5, 5.41) is 0.324. The van der Waals surface area contributed by atoms with E-state index in [1.54, 1.807) is 12.1 Å². The topological polar surface area (TPSA) is 61.6 Å². The quantitative estimate of drug-likeness (QED) is 0.397. The maximum Gasteiger partial charge on any atom is 0.340 e. The van der Waals surface area contributed by atoms with Gasteiger partial charge < -0.3 is 15.2 Å². The normalized spacial score (nSPS) is 10.2. The fraction of sp³-hybridized carbons (Fsp3) is 0.133. The van der Waals surface area contributed by atoms with Crippen molar-refractivity contribution in [2.24, 2.45) is 0 Å². The van der Waals surface area contributed by atoms with Gasteiger partial charge in [-0.3, -0.25) is 0 Å². The van der Waals surface area contributed by atoms with Crippen LogP contribution in [0.1, 0.15) is 15.9 Å². The fourth-order valence-electron chi connectivity index (χ4n) is 1.57. The Morgan fingerprint density at radius 3 is 2.60 bits per heavy atom. The van der Waals surface area contributed by atoms with Gasteiger partial charge in [-0.1, -0.05) is 41.9 Å². The standard InChI is InChI=1S/C15H14ClNO3/c16-13-8-12(6-7-14(13)17)15(18)20-10-19-9-11-4-2-1-3-5-11/h1-8H,9-10,17H2. The van der Waals surface area contributed by atoms with E-state index in [0.717, 1.165) is 5.56 Å². The van der Waals surface area contributed by atoms with Crippen molar-refractivity contribution in [1.82, 2.24) is 0 Å². The lowest BCUT2D eigenvalue weighted by atomic mass is 10.2. The van der Waals surface area contributed by atoms with Gasteiger partial charge in [0.15, 0.2) is 6.79 Å². The number of carbonyl (C=O) groups is 1. The zero-order valence-corrected chi connectivity index (χ0v) is 11.5. The molecular formula is C15H14ClNO3. The molecule has 0 atom stereocenters. The molecule has 4 nitrogen and oxygen atoms in total. The number of anilines is 1. The van der Waals surface area contributed by atoms with E-state index in [1.165, 1.54) is 6.07 Å². The highest BCUT2D eigenvalue weighted by atomic mass is 35.5. The van der Waals surface area contributed by atoms with E-state index in [4.69, 9.17) is 26.8 Å². The van der Waals surface area contributed by atoms with E-state index in [1.807, 2.05) is 30.3 Å². The van der Waals surface area contributed by atoms with Crippen molar-refractivity contribution in [3.63, 3.8) is 0 Å². The Labute approximate surface area is 122 Å². The van der Waals surface area contributed by atoms with E-state index in [0.29, 0.717) is 22.9 Å². The average Bonchev–Trinajstić information content (AvgIpc) is 2.47. The van der Waals surface area contributed by atoms with Crippen molar-refractivity contribution >= 4 is 23.3 Å². The predicted molar refractivity (Wildman–Crippen MR) is 77.4 cm³/mol. The molecule has 0 heterocycles. The molecule has 2 aromatic rings. The molecule has 0 fully saturated rings. The van der Waals surface area contributed by atoms with Gasteiger partial charge in [-0.05, 0) is 23.8 Å². The maximum atomic E-state index is 11.7. The molecule has 0 saturated carbocycles. The molecule has 104 valence electrons. The summed E-state index contributed by atoms with van der Waals surface area (Å²) >= 11 is 5.84. The zero-order valence-electron chi connectivity index (χ0n) is 10.7. The lowest BCUT2D eigenvalue weighted by molar-refractivity contribution is -0.0381. The predicted octanol–water partition coefficient (Wildman–Crippen LogP) is 3.25. The van der Waals surface area contributed by atoms with E-state index in [-0.39, 0.29) is 6.79 Å². The smallest absolute Gasteiger partial charge is 0.340 e. The van der Waals surface area contributed by atoms with E-state index in [9.17, 15) is 4.79 Å². The monoisotopic (exact) mass is 291 g/mol. The SMILES string of the molecule is Nc1ccc(C(=O)OCOCc2ccccc2)cc1Cl. The summed E-state index contributed by atoms with van der Waals surface area (Å²) in [7, 11) is 0. The second-order valence-electron chi connectivity index (χ2n) is 4.12. The summed E-state index contributed by atoms with van der Waals surface area (Å²) in [6.07, 6.45) is 0. The molecular weight excluding hydrogens is 278 g/mol. The molecule has 20 heavy (non-hydrogen) atoms. The number of ether oxygens (including phenoxy) is 2. The summed E-state index contributed by atoms with van der Waals surface area (Å²) < 4.78 is 10.2. The first kappa shape index (κ1) is 14.4. The third kappa shape index (κ3) is 3.98. The van der Waals surface area contributed by atoms with Gasteiger partial charge in [0.2, 0.25) is 0 Å². The fourth-order valence-corrected chi connectivity index (χ4v) is 1.75. The number of hydrogen-bond donors (Lipinski definition) is 1. The molecule has 2 rings (SSSR count). The Bertz CT molecular complexity index is 587. The van der Waals surface area contributed by atoms with Crippen molar-refractivity contribution in [3.8, 4) is 0 Å². The summed E-state index contributed by atoms with van der Waals surface area (Å²) in [6, 6.07) is 14.2. The molecule has 0 amide bonds. The number of nitrogens with two attached hydrogens (primary N) is 1. The van der Waals surface area contributed by atoms with E-state index >= 15 is 0 Å². The summed E-state index contributed by atoms with van der Waals surface area (Å²) in [6.45, 7) is 0.270. The van der Waals surface area contributed by atoms with Gasteiger partial charge in [0.25, 0.3) is 0 Å². The van der Waals surface area contributed by atoms with Gasteiger partial charge in [0.1, 0.15) is 0 Å². The Hall–Kier alpha value is -2.04. The van der Waals surface area contributed by atoms with Crippen LogP contribution in [0.5, 0.6) is 0 Å². The van der Waals surface area contributed by atoms with Gasteiger partial charge in [-0.25, -0.2) is 4.79 Å². The first-order valence-corrected chi connectivity index (χ1v) is 6.38. The van der Waals surface area contributed by atoms with Crippen molar-refractivity contribution in [3.05, 3.63) is 64.7 Å². The van der Waals surface area contributed by atoms with Crippen LogP contribution < -0.4 is 5.73 Å². The molecule has 0 aliphatic carbocycles. The Morgan fingerprint density at radius 2 is 1.90 bits per heavy atom. The Morgan fingerprint density at radius 1 is 1.15 bits per heavy atom. The second kappa shape index (κ2) is 6.93. The molecule has 0 aliphatic rings. The van der Waals surface area contributed by atoms with Crippen molar-refractivity contribution < 1.29 is 14.3 Å². The third-order valence-electron chi connectivity index (χ3n) is 2.62. The maximum absolute atomic E-state index is 11.7. The number of esters is 1. The highest BCUT2D eigenvalue weighted by Gasteiger charge is 2.08. The first-order valence-electron chi connectivity index (χ1n) is 6.00. The minimum absolute atomic E-state index is 0.115. The molecule has 2 N–H and O–H groups in total. The van der Waals surface area contributed by atoms with Gasteiger partial charge in [0.05, 0.1) is 22.9 Å². The largest absolute Gasteiger partial charge is 0.435 e. The molecule has 0 bridgehead atoms. The van der Waals surface area contributed by atoms with Gasteiger partial charge in [-0.2, -0.15) is 0 Å². The van der Waals surface area contributed by atoms with E-state index in [2.05, 4.69) is 0 Å². The molecule has 0 aromatic heterocycles. The Balaban J connectivity index is 1.79. The van der Waals surface area contributed by atoms with Gasteiger partial charge >= 0.3 is 5.97 Å². The molecule has 0 saturated heterocycles. The highest BCUT2D eigenvalue weighted by Crippen LogP contribution is 2.20. The van der Waals surface area contributed by atoms with E-state index < -0.39 is 5.97 Å². The van der Waals surface area contributed by atoms with Crippen LogP contribution in [0.25, 0.3) is 0 Å². The molecule has 5 heteroatoms. The van der Waals surface area contributed by atoms with Crippen LogP contribution in [-0.2, 0) is 16.1 Å². The highest BCUT2D eigenvalue weighted by molar-refractivity contribution is 6.33. The second-order valence-corrected chi connectivity index (χ2v) is 4.53. The number of carbonyl (C=O) groups excluding carboxylic acids is 1. The van der Waals surface area contributed by atoms with Crippen LogP contribution in [0.3, 0.4) is 0 Å². The molecule has 0 unspecified atom stereocenters. The first-order chi connectivity index (χ1) is 9.66. The van der Waals surface area contributed by atoms with Crippen LogP contribution in [0, 0.1) is 0 Å². The number of nitrogen functional groups attached to an aromatic ring is 1. The number of hydrogen-bond acceptors (Lipinski definition) is 4. The van der Waals surface area contributed by atoms with Crippen LogP contribution in [-0.4, -0.2) is 12.8 Å². The zero-order chi connectivity index (χ0) is 14.4. The minimum Gasteiger partial charge on any atom is -0.435 e. The summed E-state index contributed by atoms with van der Waals surface area (Å²) in [5.74, 6) is -0.500. The van der Waals surface area contributed by atoms with Crippen molar-refractivity contribution in [1.29, 1.82) is 0 Å². The van der Waals surface area contributed by atoms with Crippen LogP contribution in [0.2, 0.25) is 5.02 Å². The Kier molecular flexibility index (Phi) is 4.98. The summed E-state index contributed by atoms with van der Waals surface area (Å²) in [5.41, 5.74) is 7.34. The van der Waals surface area contributed by atoms with Crippen LogP contribution in [0.4, 0.5) is 5.69 Å². The summed E-state index contributed by atoms with van der Waals surface area (Å²) in [4.78, 5) is 11.7. The third-order valence-corrected chi connectivity index (χ3v) is 2.95. The van der Waals surface area contributed by atoms with Crippen molar-refractivity contribution in [2.45, 2.75) is 6.61 Å². The molecule has 0 radical (unpaired) electrons. The molecule has 2 aromatic carbocycles. The lowest BCUT2D eigenvalue weighted by Gasteiger charge is -2.07. The molecule has 0 spiro atoms. The van der Waals surface area contributed by atoms with Gasteiger partial charge in [-0.15, -0.1) is 0 Å². The number of halogens is 1. The average molecular weight is 292 g/mol. The van der Waals surface area contributed by atoms with Crippen LogP contribution >= 0.6 is 11.6 Å². The lowest BCUT2D eigenvalue weighted by Crippen LogP contribution is -2.09. The minimum atomic E-state index is -0.500. The van der Waals surface area contributed by atoms with Crippen LogP contribution in [0.15, 0.2) is 48.5 Å².